The number of aromatic hydroxyl groups is 4. The van der Waals surface area contributed by atoms with Gasteiger partial charge in [-0.1, -0.05) is 0 Å². The lowest BCUT2D eigenvalue weighted by atomic mass is 10.2. The third-order valence-corrected chi connectivity index (χ3v) is 2.60. The number of benzene rings is 2. The summed E-state index contributed by atoms with van der Waals surface area (Å²) < 4.78 is 0. The van der Waals surface area contributed by atoms with Gasteiger partial charge in [-0.2, -0.15) is 5.10 Å². The normalized spacial score (nSPS) is 10.7. The third kappa shape index (κ3) is 3.41. The van der Waals surface area contributed by atoms with Crippen molar-refractivity contribution in [3.63, 3.8) is 0 Å². The minimum atomic E-state index is -0.695. The number of phenolic OH excluding ortho intramolecular Hbond substituents is 4. The maximum absolute atomic E-state index is 11.7. The second kappa shape index (κ2) is 5.83. The van der Waals surface area contributed by atoms with Crippen LogP contribution in [0.5, 0.6) is 23.0 Å². The second-order valence-electron chi connectivity index (χ2n) is 4.15. The number of hydrazone groups is 1. The Morgan fingerprint density at radius 2 is 1.57 bits per heavy atom. The molecule has 7 heteroatoms. The SMILES string of the molecule is O=C(N/N=C/c1ccc(O)cc1)c1cc(O)c(O)c(O)c1. The Labute approximate surface area is 119 Å². The highest BCUT2D eigenvalue weighted by Gasteiger charge is 2.12. The van der Waals surface area contributed by atoms with Crippen LogP contribution in [0.4, 0.5) is 0 Å². The first-order chi connectivity index (χ1) is 9.97. The van der Waals surface area contributed by atoms with Crippen molar-refractivity contribution in [1.82, 2.24) is 5.43 Å². The molecule has 0 radical (unpaired) electrons. The van der Waals surface area contributed by atoms with E-state index in [1.54, 1.807) is 12.1 Å². The summed E-state index contributed by atoms with van der Waals surface area (Å²) in [5.41, 5.74) is 2.79. The molecular formula is C14H12N2O5. The van der Waals surface area contributed by atoms with Gasteiger partial charge in [-0.25, -0.2) is 5.43 Å². The summed E-state index contributed by atoms with van der Waals surface area (Å²) >= 11 is 0. The maximum atomic E-state index is 11.7. The molecule has 0 aliphatic carbocycles. The number of nitrogens with one attached hydrogen (secondary N) is 1. The van der Waals surface area contributed by atoms with Gasteiger partial charge in [0.15, 0.2) is 17.2 Å². The topological polar surface area (TPSA) is 122 Å². The van der Waals surface area contributed by atoms with Crippen LogP contribution in [0.3, 0.4) is 0 Å². The van der Waals surface area contributed by atoms with Gasteiger partial charge in [0.25, 0.3) is 5.91 Å². The van der Waals surface area contributed by atoms with E-state index in [1.807, 2.05) is 0 Å². The molecule has 0 heterocycles. The van der Waals surface area contributed by atoms with Gasteiger partial charge in [-0.05, 0) is 42.0 Å². The monoisotopic (exact) mass is 288 g/mol. The van der Waals surface area contributed by atoms with Crippen LogP contribution in [-0.4, -0.2) is 32.5 Å². The Hall–Kier alpha value is -3.22. The van der Waals surface area contributed by atoms with Crippen LogP contribution in [0.15, 0.2) is 41.5 Å². The van der Waals surface area contributed by atoms with Crippen LogP contribution in [0.2, 0.25) is 0 Å². The summed E-state index contributed by atoms with van der Waals surface area (Å²) in [7, 11) is 0. The van der Waals surface area contributed by atoms with Crippen molar-refractivity contribution in [2.45, 2.75) is 0 Å². The highest BCUT2D eigenvalue weighted by atomic mass is 16.3. The highest BCUT2D eigenvalue weighted by Crippen LogP contribution is 2.35. The molecule has 0 atom stereocenters. The lowest BCUT2D eigenvalue weighted by Crippen LogP contribution is -2.17. The number of carbonyl (C=O) groups is 1. The lowest BCUT2D eigenvalue weighted by molar-refractivity contribution is 0.0954. The van der Waals surface area contributed by atoms with Crippen LogP contribution in [0, 0.1) is 0 Å². The van der Waals surface area contributed by atoms with Gasteiger partial charge >= 0.3 is 0 Å². The van der Waals surface area contributed by atoms with Crippen LogP contribution in [0.1, 0.15) is 15.9 Å². The van der Waals surface area contributed by atoms with E-state index in [1.165, 1.54) is 18.3 Å². The summed E-state index contributed by atoms with van der Waals surface area (Å²) in [4.78, 5) is 11.7. The van der Waals surface area contributed by atoms with Gasteiger partial charge in [-0.15, -0.1) is 0 Å². The minimum absolute atomic E-state index is 0.0642. The molecule has 21 heavy (non-hydrogen) atoms. The Morgan fingerprint density at radius 1 is 1.00 bits per heavy atom. The van der Waals surface area contributed by atoms with Gasteiger partial charge in [0.05, 0.1) is 6.21 Å². The van der Waals surface area contributed by atoms with E-state index >= 15 is 0 Å². The number of rotatable bonds is 3. The Balaban J connectivity index is 2.06. The van der Waals surface area contributed by atoms with E-state index in [2.05, 4.69) is 10.5 Å². The first-order valence-corrected chi connectivity index (χ1v) is 5.85. The molecule has 108 valence electrons. The molecule has 2 rings (SSSR count). The molecule has 0 aliphatic heterocycles. The summed E-state index contributed by atoms with van der Waals surface area (Å²) in [6, 6.07) is 8.14. The zero-order chi connectivity index (χ0) is 15.4. The zero-order valence-corrected chi connectivity index (χ0v) is 10.7. The Bertz CT molecular complexity index is 672. The molecule has 0 aromatic heterocycles. The third-order valence-electron chi connectivity index (χ3n) is 2.60. The van der Waals surface area contributed by atoms with Gasteiger partial charge in [0.2, 0.25) is 0 Å². The van der Waals surface area contributed by atoms with Gasteiger partial charge < -0.3 is 20.4 Å². The van der Waals surface area contributed by atoms with E-state index in [-0.39, 0.29) is 11.3 Å². The zero-order valence-electron chi connectivity index (χ0n) is 10.7. The molecule has 7 nitrogen and oxygen atoms in total. The van der Waals surface area contributed by atoms with Crippen LogP contribution < -0.4 is 5.43 Å². The number of hydrogen-bond acceptors (Lipinski definition) is 6. The first kappa shape index (κ1) is 14.2. The predicted molar refractivity (Wildman–Crippen MR) is 74.6 cm³/mol. The average molecular weight is 288 g/mol. The smallest absolute Gasteiger partial charge is 0.271 e. The van der Waals surface area contributed by atoms with E-state index in [0.717, 1.165) is 12.1 Å². The molecule has 0 aliphatic rings. The average Bonchev–Trinajstić information content (AvgIpc) is 2.46. The quantitative estimate of drug-likeness (QED) is 0.331. The number of hydrogen-bond donors (Lipinski definition) is 5. The van der Waals surface area contributed by atoms with Crippen molar-refractivity contribution in [2.75, 3.05) is 0 Å². The number of amides is 1. The molecule has 1 amide bonds. The van der Waals surface area contributed by atoms with Crippen molar-refractivity contribution >= 4 is 12.1 Å². The van der Waals surface area contributed by atoms with Crippen molar-refractivity contribution in [2.24, 2.45) is 5.10 Å². The first-order valence-electron chi connectivity index (χ1n) is 5.85. The van der Waals surface area contributed by atoms with Crippen LogP contribution in [-0.2, 0) is 0 Å². The molecular weight excluding hydrogens is 276 g/mol. The van der Waals surface area contributed by atoms with Gasteiger partial charge in [0.1, 0.15) is 5.75 Å². The summed E-state index contributed by atoms with van der Waals surface area (Å²) in [5.74, 6) is -2.47. The largest absolute Gasteiger partial charge is 0.508 e. The maximum Gasteiger partial charge on any atom is 0.271 e. The number of nitrogens with zero attached hydrogens (tertiary/aromatic N) is 1. The molecule has 0 bridgehead atoms. The minimum Gasteiger partial charge on any atom is -0.508 e. The van der Waals surface area contributed by atoms with Crippen LogP contribution in [0.25, 0.3) is 0 Å². The van der Waals surface area contributed by atoms with Gasteiger partial charge in [-0.3, -0.25) is 4.79 Å². The number of phenols is 4. The molecule has 0 unspecified atom stereocenters. The van der Waals surface area contributed by atoms with Crippen molar-refractivity contribution < 1.29 is 25.2 Å². The molecule has 0 spiro atoms. The summed E-state index contributed by atoms with van der Waals surface area (Å²) in [6.07, 6.45) is 1.36. The van der Waals surface area contributed by atoms with Crippen molar-refractivity contribution in [3.05, 3.63) is 47.5 Å². The molecule has 0 saturated heterocycles. The Morgan fingerprint density at radius 3 is 2.14 bits per heavy atom. The van der Waals surface area contributed by atoms with E-state index < -0.39 is 23.2 Å². The fourth-order valence-electron chi connectivity index (χ4n) is 1.53. The van der Waals surface area contributed by atoms with Crippen molar-refractivity contribution in [1.29, 1.82) is 0 Å². The molecule has 0 saturated carbocycles. The second-order valence-corrected chi connectivity index (χ2v) is 4.15. The van der Waals surface area contributed by atoms with E-state index in [4.69, 9.17) is 5.11 Å². The molecule has 5 N–H and O–H groups in total. The summed E-state index contributed by atoms with van der Waals surface area (Å²) in [5, 5.41) is 40.6. The predicted octanol–water partition coefficient (Wildman–Crippen LogP) is 1.27. The standard InChI is InChI=1S/C14H12N2O5/c17-10-3-1-8(2-4-10)7-15-16-14(21)9-5-11(18)13(20)12(19)6-9/h1-7,17-20H,(H,16,21)/b15-7+. The van der Waals surface area contributed by atoms with Gasteiger partial charge in [0, 0.05) is 5.56 Å². The Kier molecular flexibility index (Phi) is 3.94. The van der Waals surface area contributed by atoms with Crippen LogP contribution >= 0.6 is 0 Å². The number of carbonyl (C=O) groups excluding carboxylic acids is 1. The fourth-order valence-corrected chi connectivity index (χ4v) is 1.53. The lowest BCUT2D eigenvalue weighted by Gasteiger charge is -2.04. The van der Waals surface area contributed by atoms with E-state index in [0.29, 0.717) is 5.56 Å². The van der Waals surface area contributed by atoms with E-state index in [9.17, 15) is 20.1 Å². The highest BCUT2D eigenvalue weighted by molar-refractivity contribution is 5.96. The molecule has 2 aromatic rings. The van der Waals surface area contributed by atoms with Crippen molar-refractivity contribution in [3.8, 4) is 23.0 Å². The molecule has 2 aromatic carbocycles. The fraction of sp³-hybridized carbons (Fsp3) is 0. The summed E-state index contributed by atoms with van der Waals surface area (Å²) in [6.45, 7) is 0. The molecule has 0 fully saturated rings.